The SMILES string of the molecule is CCOc1ccc([C@@H]2C(C#N)=C(N)Oc3cc(C)n(O)c(=O)c32)cc1OC. The molecule has 2 aromatic rings. The van der Waals surface area contributed by atoms with Crippen molar-refractivity contribution < 1.29 is 19.4 Å². The van der Waals surface area contributed by atoms with E-state index in [2.05, 4.69) is 0 Å². The number of pyridine rings is 1. The van der Waals surface area contributed by atoms with Gasteiger partial charge in [-0.25, -0.2) is 0 Å². The molecule has 27 heavy (non-hydrogen) atoms. The van der Waals surface area contributed by atoms with Gasteiger partial charge in [-0.1, -0.05) is 6.07 Å². The molecule has 0 bridgehead atoms. The average molecular weight is 369 g/mol. The molecule has 0 spiro atoms. The Labute approximate surface area is 155 Å². The van der Waals surface area contributed by atoms with Gasteiger partial charge in [0.05, 0.1) is 30.9 Å². The molecule has 2 heterocycles. The summed E-state index contributed by atoms with van der Waals surface area (Å²) in [5.74, 6) is 0.300. The Balaban J connectivity index is 2.27. The monoisotopic (exact) mass is 369 g/mol. The van der Waals surface area contributed by atoms with Crippen LogP contribution in [0.25, 0.3) is 0 Å². The number of nitrogens with two attached hydrogens (primary N) is 1. The number of ether oxygens (including phenoxy) is 3. The van der Waals surface area contributed by atoms with Gasteiger partial charge in [0, 0.05) is 6.07 Å². The Kier molecular flexibility index (Phi) is 4.69. The molecule has 0 fully saturated rings. The predicted molar refractivity (Wildman–Crippen MR) is 96.1 cm³/mol. The van der Waals surface area contributed by atoms with Gasteiger partial charge in [0.15, 0.2) is 11.5 Å². The molecule has 1 atom stereocenters. The molecule has 8 heteroatoms. The third-order valence-electron chi connectivity index (χ3n) is 4.37. The standard InChI is InChI=1S/C19H19N3O5/c1-4-26-13-6-5-11(8-14(13)25-3)16-12(9-20)18(21)27-15-7-10(2)22(24)19(23)17(15)16/h5-8,16,24H,4,21H2,1-3H3/t16-/m1/s1. The lowest BCUT2D eigenvalue weighted by Gasteiger charge is -2.26. The molecule has 3 rings (SSSR count). The number of nitrogens with zero attached hydrogens (tertiary/aromatic N) is 2. The summed E-state index contributed by atoms with van der Waals surface area (Å²) in [5, 5.41) is 19.6. The van der Waals surface area contributed by atoms with E-state index < -0.39 is 11.5 Å². The van der Waals surface area contributed by atoms with E-state index in [4.69, 9.17) is 19.9 Å². The highest BCUT2D eigenvalue weighted by Gasteiger charge is 2.35. The summed E-state index contributed by atoms with van der Waals surface area (Å²) < 4.78 is 16.9. The second-order valence-corrected chi connectivity index (χ2v) is 5.95. The molecule has 1 aromatic carbocycles. The Morgan fingerprint density at radius 1 is 1.37 bits per heavy atom. The zero-order valence-corrected chi connectivity index (χ0v) is 15.1. The van der Waals surface area contributed by atoms with E-state index >= 15 is 0 Å². The quantitative estimate of drug-likeness (QED) is 0.791. The van der Waals surface area contributed by atoms with Gasteiger partial charge in [-0.15, -0.1) is 0 Å². The van der Waals surface area contributed by atoms with E-state index in [9.17, 15) is 15.3 Å². The first-order valence-corrected chi connectivity index (χ1v) is 8.27. The fourth-order valence-electron chi connectivity index (χ4n) is 3.11. The molecule has 0 amide bonds. The van der Waals surface area contributed by atoms with Crippen LogP contribution in [0, 0.1) is 18.3 Å². The van der Waals surface area contributed by atoms with Crippen molar-refractivity contribution in [3.8, 4) is 23.3 Å². The Morgan fingerprint density at radius 2 is 2.11 bits per heavy atom. The minimum Gasteiger partial charge on any atom is -0.493 e. The van der Waals surface area contributed by atoms with Crippen molar-refractivity contribution in [3.63, 3.8) is 0 Å². The van der Waals surface area contributed by atoms with Crippen LogP contribution in [0.4, 0.5) is 0 Å². The largest absolute Gasteiger partial charge is 0.493 e. The zero-order chi connectivity index (χ0) is 19.7. The van der Waals surface area contributed by atoms with Crippen LogP contribution in [-0.4, -0.2) is 23.7 Å². The Morgan fingerprint density at radius 3 is 2.74 bits per heavy atom. The lowest BCUT2D eigenvalue weighted by molar-refractivity contribution is 0.165. The second-order valence-electron chi connectivity index (χ2n) is 5.95. The number of benzene rings is 1. The second kappa shape index (κ2) is 6.96. The van der Waals surface area contributed by atoms with Crippen molar-refractivity contribution in [2.75, 3.05) is 13.7 Å². The molecule has 0 aliphatic carbocycles. The van der Waals surface area contributed by atoms with Gasteiger partial charge < -0.3 is 25.2 Å². The van der Waals surface area contributed by atoms with Crippen LogP contribution in [-0.2, 0) is 0 Å². The number of hydrogen-bond donors (Lipinski definition) is 2. The maximum absolute atomic E-state index is 12.7. The highest BCUT2D eigenvalue weighted by Crippen LogP contribution is 2.42. The molecule has 0 radical (unpaired) electrons. The van der Waals surface area contributed by atoms with Crippen LogP contribution in [0.1, 0.15) is 29.7 Å². The first-order chi connectivity index (χ1) is 12.9. The van der Waals surface area contributed by atoms with Gasteiger partial charge in [0.1, 0.15) is 17.4 Å². The van der Waals surface area contributed by atoms with Crippen LogP contribution >= 0.6 is 0 Å². The summed E-state index contributed by atoms with van der Waals surface area (Å²) in [5.41, 5.74) is 6.32. The molecule has 140 valence electrons. The van der Waals surface area contributed by atoms with Crippen molar-refractivity contribution >= 4 is 0 Å². The van der Waals surface area contributed by atoms with Gasteiger partial charge in [-0.2, -0.15) is 9.99 Å². The Hall–Kier alpha value is -3.60. The van der Waals surface area contributed by atoms with E-state index in [0.717, 1.165) is 0 Å². The van der Waals surface area contributed by atoms with Gasteiger partial charge in [0.2, 0.25) is 5.88 Å². The normalized spacial score (nSPS) is 15.6. The summed E-state index contributed by atoms with van der Waals surface area (Å²) in [7, 11) is 1.50. The lowest BCUT2D eigenvalue weighted by atomic mass is 9.84. The molecule has 0 unspecified atom stereocenters. The number of fused-ring (bicyclic) bond motifs is 1. The van der Waals surface area contributed by atoms with Crippen LogP contribution in [0.2, 0.25) is 0 Å². The van der Waals surface area contributed by atoms with E-state index in [0.29, 0.717) is 28.4 Å². The van der Waals surface area contributed by atoms with Crippen LogP contribution in [0.3, 0.4) is 0 Å². The van der Waals surface area contributed by atoms with E-state index in [1.807, 2.05) is 13.0 Å². The first kappa shape index (κ1) is 18.2. The number of hydrogen-bond acceptors (Lipinski definition) is 7. The smallest absolute Gasteiger partial charge is 0.291 e. The summed E-state index contributed by atoms with van der Waals surface area (Å²) >= 11 is 0. The molecule has 1 aliphatic heterocycles. The molecular weight excluding hydrogens is 350 g/mol. The average Bonchev–Trinajstić information content (AvgIpc) is 2.66. The maximum Gasteiger partial charge on any atom is 0.291 e. The molecule has 0 saturated carbocycles. The fourth-order valence-corrected chi connectivity index (χ4v) is 3.11. The molecule has 1 aromatic heterocycles. The number of nitriles is 1. The van der Waals surface area contributed by atoms with Crippen LogP contribution < -0.4 is 25.5 Å². The first-order valence-electron chi connectivity index (χ1n) is 8.27. The van der Waals surface area contributed by atoms with E-state index in [1.54, 1.807) is 25.1 Å². The van der Waals surface area contributed by atoms with Gasteiger partial charge >= 0.3 is 0 Å². The summed E-state index contributed by atoms with van der Waals surface area (Å²) in [6, 6.07) is 8.60. The summed E-state index contributed by atoms with van der Waals surface area (Å²) in [6.45, 7) is 3.87. The molecular formula is C19H19N3O5. The fraction of sp³-hybridized carbons (Fsp3) is 0.263. The third kappa shape index (κ3) is 2.93. The van der Waals surface area contributed by atoms with Gasteiger partial charge in [0.25, 0.3) is 5.56 Å². The number of aryl methyl sites for hydroxylation is 1. The van der Waals surface area contributed by atoms with Crippen molar-refractivity contribution in [1.82, 2.24) is 4.73 Å². The predicted octanol–water partition coefficient (Wildman–Crippen LogP) is 2.02. The third-order valence-corrected chi connectivity index (χ3v) is 4.37. The summed E-state index contributed by atoms with van der Waals surface area (Å²) in [6.07, 6.45) is 0. The highest BCUT2D eigenvalue weighted by atomic mass is 16.5. The van der Waals surface area contributed by atoms with Crippen LogP contribution in [0.5, 0.6) is 17.2 Å². The van der Waals surface area contributed by atoms with Gasteiger partial charge in [-0.05, 0) is 31.5 Å². The van der Waals surface area contributed by atoms with Crippen molar-refractivity contribution in [2.24, 2.45) is 5.73 Å². The van der Waals surface area contributed by atoms with Gasteiger partial charge in [-0.3, -0.25) is 4.79 Å². The molecule has 3 N–H and O–H groups in total. The van der Waals surface area contributed by atoms with E-state index in [-0.39, 0.29) is 28.5 Å². The van der Waals surface area contributed by atoms with Crippen molar-refractivity contribution in [3.05, 3.63) is 62.9 Å². The summed E-state index contributed by atoms with van der Waals surface area (Å²) in [4.78, 5) is 12.7. The van der Waals surface area contributed by atoms with Crippen LogP contribution in [0.15, 0.2) is 40.5 Å². The number of methoxy groups -OCH3 is 1. The number of allylic oxidation sites excluding steroid dienone is 1. The number of rotatable bonds is 4. The van der Waals surface area contributed by atoms with Crippen molar-refractivity contribution in [2.45, 2.75) is 19.8 Å². The lowest BCUT2D eigenvalue weighted by Crippen LogP contribution is -2.31. The molecule has 0 saturated heterocycles. The zero-order valence-electron chi connectivity index (χ0n) is 15.1. The minimum atomic E-state index is -0.810. The minimum absolute atomic E-state index is 0.0784. The topological polar surface area (TPSA) is 120 Å². The molecule has 1 aliphatic rings. The van der Waals surface area contributed by atoms with E-state index in [1.165, 1.54) is 13.2 Å². The number of aromatic nitrogens is 1. The molecule has 8 nitrogen and oxygen atoms in total. The highest BCUT2D eigenvalue weighted by molar-refractivity contribution is 5.57. The Bertz CT molecular complexity index is 1030. The van der Waals surface area contributed by atoms with Crippen molar-refractivity contribution in [1.29, 1.82) is 5.26 Å². The maximum atomic E-state index is 12.7.